The second kappa shape index (κ2) is 8.83. The maximum Gasteiger partial charge on any atom is 0.251 e. The smallest absolute Gasteiger partial charge is 0.251 e. The summed E-state index contributed by atoms with van der Waals surface area (Å²) >= 11 is 0. The Hall–Kier alpha value is -2.37. The number of hydrogen-bond acceptors (Lipinski definition) is 3. The van der Waals surface area contributed by atoms with Gasteiger partial charge in [-0.15, -0.1) is 0 Å². The van der Waals surface area contributed by atoms with Crippen molar-refractivity contribution in [3.05, 3.63) is 35.9 Å². The zero-order valence-corrected chi connectivity index (χ0v) is 15.9. The summed E-state index contributed by atoms with van der Waals surface area (Å²) in [7, 11) is 0. The van der Waals surface area contributed by atoms with Gasteiger partial charge in [-0.3, -0.25) is 14.4 Å². The van der Waals surface area contributed by atoms with Crippen molar-refractivity contribution < 1.29 is 14.4 Å². The highest BCUT2D eigenvalue weighted by atomic mass is 16.2. The fraction of sp³-hybridized carbons (Fsp3) is 0.550. The molecule has 26 heavy (non-hydrogen) atoms. The summed E-state index contributed by atoms with van der Waals surface area (Å²) in [5.74, 6) is -0.269. The highest BCUT2D eigenvalue weighted by Crippen LogP contribution is 2.24. The monoisotopic (exact) mass is 359 g/mol. The molecule has 0 spiro atoms. The Morgan fingerprint density at radius 2 is 1.73 bits per heavy atom. The molecule has 0 bridgehead atoms. The van der Waals surface area contributed by atoms with E-state index in [9.17, 15) is 14.4 Å². The molecule has 2 rings (SSSR count). The van der Waals surface area contributed by atoms with Crippen LogP contribution in [0.15, 0.2) is 30.3 Å². The lowest BCUT2D eigenvalue weighted by Crippen LogP contribution is -2.48. The first kappa shape index (κ1) is 19.9. The van der Waals surface area contributed by atoms with E-state index >= 15 is 0 Å². The lowest BCUT2D eigenvalue weighted by atomic mass is 9.91. The zero-order valence-electron chi connectivity index (χ0n) is 15.9. The summed E-state index contributed by atoms with van der Waals surface area (Å²) < 4.78 is 0. The van der Waals surface area contributed by atoms with Gasteiger partial charge in [0, 0.05) is 31.6 Å². The maximum absolute atomic E-state index is 12.4. The first-order valence-corrected chi connectivity index (χ1v) is 9.18. The molecule has 1 aliphatic heterocycles. The number of carbonyl (C=O) groups excluding carboxylic acids is 3. The van der Waals surface area contributed by atoms with E-state index in [4.69, 9.17) is 0 Å². The molecular formula is C20H29N3O3. The van der Waals surface area contributed by atoms with Crippen LogP contribution in [0, 0.1) is 5.41 Å². The molecule has 6 heteroatoms. The van der Waals surface area contributed by atoms with E-state index < -0.39 is 6.04 Å². The van der Waals surface area contributed by atoms with Crippen molar-refractivity contribution in [3.8, 4) is 0 Å². The average molecular weight is 359 g/mol. The zero-order chi connectivity index (χ0) is 19.2. The molecule has 2 N–H and O–H groups in total. The minimum atomic E-state index is -0.394. The van der Waals surface area contributed by atoms with Gasteiger partial charge in [-0.05, 0) is 30.4 Å². The number of likely N-dealkylation sites (tertiary alicyclic amines) is 1. The third-order valence-corrected chi connectivity index (χ3v) is 4.30. The number of nitrogens with one attached hydrogen (secondary N) is 2. The average Bonchev–Trinajstić information content (AvgIpc) is 3.07. The highest BCUT2D eigenvalue weighted by Gasteiger charge is 2.35. The molecule has 142 valence electrons. The SMILES string of the molecule is CC(C)(C)CC(=O)N1CCC[C@H]1C(=O)NCCNC(=O)c1ccccc1. The van der Waals surface area contributed by atoms with E-state index in [2.05, 4.69) is 10.6 Å². The van der Waals surface area contributed by atoms with Crippen LogP contribution in [0.4, 0.5) is 0 Å². The Bertz CT molecular complexity index is 637. The molecule has 0 saturated carbocycles. The fourth-order valence-electron chi connectivity index (χ4n) is 3.06. The van der Waals surface area contributed by atoms with Gasteiger partial charge in [0.15, 0.2) is 0 Å². The number of hydrogen-bond donors (Lipinski definition) is 2. The van der Waals surface area contributed by atoms with Gasteiger partial charge in [-0.2, -0.15) is 0 Å². The molecule has 1 atom stereocenters. The van der Waals surface area contributed by atoms with Crippen LogP contribution >= 0.6 is 0 Å². The van der Waals surface area contributed by atoms with E-state index in [1.807, 2.05) is 26.8 Å². The van der Waals surface area contributed by atoms with Crippen LogP contribution in [-0.2, 0) is 9.59 Å². The minimum Gasteiger partial charge on any atom is -0.353 e. The molecule has 1 aromatic carbocycles. The molecule has 1 aromatic rings. The number of carbonyl (C=O) groups is 3. The third-order valence-electron chi connectivity index (χ3n) is 4.30. The van der Waals surface area contributed by atoms with E-state index in [1.54, 1.807) is 29.2 Å². The number of amides is 3. The van der Waals surface area contributed by atoms with Gasteiger partial charge in [0.25, 0.3) is 5.91 Å². The van der Waals surface area contributed by atoms with Crippen molar-refractivity contribution >= 4 is 17.7 Å². The van der Waals surface area contributed by atoms with Gasteiger partial charge in [0.2, 0.25) is 11.8 Å². The Balaban J connectivity index is 1.76. The van der Waals surface area contributed by atoms with Crippen molar-refractivity contribution in [3.63, 3.8) is 0 Å². The summed E-state index contributed by atoms with van der Waals surface area (Å²) in [5.41, 5.74) is 0.496. The highest BCUT2D eigenvalue weighted by molar-refractivity contribution is 5.94. The Kier molecular flexibility index (Phi) is 6.77. The molecule has 0 aliphatic carbocycles. The lowest BCUT2D eigenvalue weighted by Gasteiger charge is -2.27. The molecule has 1 heterocycles. The van der Waals surface area contributed by atoms with Crippen molar-refractivity contribution in [2.24, 2.45) is 5.41 Å². The maximum atomic E-state index is 12.4. The van der Waals surface area contributed by atoms with Gasteiger partial charge in [-0.25, -0.2) is 0 Å². The van der Waals surface area contributed by atoms with Crippen molar-refractivity contribution in [2.45, 2.75) is 46.1 Å². The van der Waals surface area contributed by atoms with Crippen LogP contribution in [0.3, 0.4) is 0 Å². The van der Waals surface area contributed by atoms with Crippen LogP contribution in [0.25, 0.3) is 0 Å². The normalized spacial score (nSPS) is 17.0. The molecule has 0 aromatic heterocycles. The van der Waals surface area contributed by atoms with E-state index in [1.165, 1.54) is 0 Å². The summed E-state index contributed by atoms with van der Waals surface area (Å²) in [4.78, 5) is 38.5. The van der Waals surface area contributed by atoms with Gasteiger partial charge in [-0.1, -0.05) is 39.0 Å². The standard InChI is InChI=1S/C20H29N3O3/c1-20(2,3)14-17(24)23-13-7-10-16(23)19(26)22-12-11-21-18(25)15-8-5-4-6-9-15/h4-6,8-9,16H,7,10-14H2,1-3H3,(H,21,25)(H,22,26)/t16-/m0/s1. The Labute approximate surface area is 155 Å². The molecule has 0 radical (unpaired) electrons. The van der Waals surface area contributed by atoms with Crippen LogP contribution in [-0.4, -0.2) is 48.3 Å². The van der Waals surface area contributed by atoms with E-state index in [0.29, 0.717) is 38.0 Å². The van der Waals surface area contributed by atoms with Gasteiger partial charge in [0.05, 0.1) is 0 Å². The second-order valence-corrected chi connectivity index (χ2v) is 7.90. The van der Waals surface area contributed by atoms with Crippen molar-refractivity contribution in [1.82, 2.24) is 15.5 Å². The Morgan fingerprint density at radius 1 is 1.08 bits per heavy atom. The van der Waals surface area contributed by atoms with Gasteiger partial charge < -0.3 is 15.5 Å². The number of nitrogens with zero attached hydrogens (tertiary/aromatic N) is 1. The van der Waals surface area contributed by atoms with E-state index in [-0.39, 0.29) is 23.1 Å². The van der Waals surface area contributed by atoms with Crippen molar-refractivity contribution in [1.29, 1.82) is 0 Å². The first-order valence-electron chi connectivity index (χ1n) is 9.18. The topological polar surface area (TPSA) is 78.5 Å². The van der Waals surface area contributed by atoms with Gasteiger partial charge in [0.1, 0.15) is 6.04 Å². The van der Waals surface area contributed by atoms with Gasteiger partial charge >= 0.3 is 0 Å². The predicted molar refractivity (Wildman–Crippen MR) is 101 cm³/mol. The Morgan fingerprint density at radius 3 is 2.38 bits per heavy atom. The minimum absolute atomic E-state index is 0.0348. The molecule has 1 saturated heterocycles. The lowest BCUT2D eigenvalue weighted by molar-refractivity contribution is -0.139. The van der Waals surface area contributed by atoms with Crippen molar-refractivity contribution in [2.75, 3.05) is 19.6 Å². The fourth-order valence-corrected chi connectivity index (χ4v) is 3.06. The summed E-state index contributed by atoms with van der Waals surface area (Å²) in [6.07, 6.45) is 1.97. The molecule has 6 nitrogen and oxygen atoms in total. The number of benzene rings is 1. The molecular weight excluding hydrogens is 330 g/mol. The first-order chi connectivity index (χ1) is 12.3. The molecule has 1 aliphatic rings. The predicted octanol–water partition coefficient (Wildman–Crippen LogP) is 1.96. The summed E-state index contributed by atoms with van der Waals surface area (Å²) in [6.45, 7) is 7.39. The summed E-state index contributed by atoms with van der Waals surface area (Å²) in [5, 5.41) is 5.61. The third kappa shape index (κ3) is 5.86. The van der Waals surface area contributed by atoms with Crippen LogP contribution in [0.5, 0.6) is 0 Å². The molecule has 0 unspecified atom stereocenters. The largest absolute Gasteiger partial charge is 0.353 e. The van der Waals surface area contributed by atoms with Crippen LogP contribution in [0.1, 0.15) is 50.4 Å². The van der Waals surface area contributed by atoms with Crippen LogP contribution in [0.2, 0.25) is 0 Å². The second-order valence-electron chi connectivity index (χ2n) is 7.90. The molecule has 1 fully saturated rings. The molecule has 3 amide bonds. The number of rotatable bonds is 6. The quantitative estimate of drug-likeness (QED) is 0.762. The summed E-state index contributed by atoms with van der Waals surface area (Å²) in [6, 6.07) is 8.55. The van der Waals surface area contributed by atoms with Crippen LogP contribution < -0.4 is 10.6 Å². The van der Waals surface area contributed by atoms with E-state index in [0.717, 1.165) is 6.42 Å².